The Morgan fingerprint density at radius 3 is 2.62 bits per heavy atom. The quantitative estimate of drug-likeness (QED) is 0.653. The Labute approximate surface area is 142 Å². The summed E-state index contributed by atoms with van der Waals surface area (Å²) in [5.41, 5.74) is 9.60. The van der Waals surface area contributed by atoms with Crippen molar-refractivity contribution in [1.82, 2.24) is 0 Å². The van der Waals surface area contributed by atoms with Crippen LogP contribution in [0.3, 0.4) is 0 Å². The first-order valence-corrected chi connectivity index (χ1v) is 8.27. The van der Waals surface area contributed by atoms with Gasteiger partial charge in [-0.1, -0.05) is 30.3 Å². The molecule has 0 radical (unpaired) electrons. The van der Waals surface area contributed by atoms with Crippen LogP contribution in [0.25, 0.3) is 10.4 Å². The molecule has 118 valence electrons. The zero-order valence-corrected chi connectivity index (χ0v) is 14.0. The maximum absolute atomic E-state index is 7.14. The summed E-state index contributed by atoms with van der Waals surface area (Å²) in [7, 11) is 0. The summed E-state index contributed by atoms with van der Waals surface area (Å²) < 4.78 is 0. The zero-order valence-electron chi connectivity index (χ0n) is 14.0. The van der Waals surface area contributed by atoms with E-state index in [9.17, 15) is 0 Å². The molecule has 0 aromatic heterocycles. The fourth-order valence-electron chi connectivity index (χ4n) is 3.76. The van der Waals surface area contributed by atoms with Crippen molar-refractivity contribution in [2.75, 3.05) is 18.0 Å². The minimum Gasteiger partial charge on any atom is -0.341 e. The van der Waals surface area contributed by atoms with Crippen LogP contribution in [0.5, 0.6) is 0 Å². The van der Waals surface area contributed by atoms with Gasteiger partial charge in [-0.15, -0.1) is 0 Å². The summed E-state index contributed by atoms with van der Waals surface area (Å²) in [6.45, 7) is 13.2. The molecular formula is C21H19N3. The Morgan fingerprint density at radius 2 is 1.88 bits per heavy atom. The van der Waals surface area contributed by atoms with E-state index in [0.29, 0.717) is 5.69 Å². The Kier molecular flexibility index (Phi) is 3.46. The largest absolute Gasteiger partial charge is 0.341 e. The van der Waals surface area contributed by atoms with E-state index in [1.807, 2.05) is 12.1 Å². The number of hydrogen-bond acceptors (Lipinski definition) is 2. The molecule has 2 aliphatic rings. The van der Waals surface area contributed by atoms with E-state index in [4.69, 9.17) is 6.57 Å². The van der Waals surface area contributed by atoms with Crippen molar-refractivity contribution in [3.05, 3.63) is 70.6 Å². The van der Waals surface area contributed by atoms with Crippen LogP contribution in [0.15, 0.2) is 53.0 Å². The molecule has 0 saturated carbocycles. The molecule has 2 aromatic rings. The van der Waals surface area contributed by atoms with Crippen molar-refractivity contribution >= 4 is 28.3 Å². The van der Waals surface area contributed by atoms with Gasteiger partial charge in [0, 0.05) is 29.1 Å². The van der Waals surface area contributed by atoms with Gasteiger partial charge in [0.1, 0.15) is 0 Å². The molecule has 2 aromatic carbocycles. The van der Waals surface area contributed by atoms with Crippen LogP contribution in [0.2, 0.25) is 0 Å². The van der Waals surface area contributed by atoms with Gasteiger partial charge in [-0.25, -0.2) is 4.85 Å². The van der Waals surface area contributed by atoms with E-state index in [0.717, 1.165) is 30.9 Å². The number of allylic oxidation sites excluding steroid dienone is 1. The lowest BCUT2D eigenvalue weighted by Crippen LogP contribution is -2.20. The summed E-state index contributed by atoms with van der Waals surface area (Å²) in [6.07, 6.45) is 1.02. The average molecular weight is 313 g/mol. The Morgan fingerprint density at radius 1 is 1.08 bits per heavy atom. The lowest BCUT2D eigenvalue weighted by molar-refractivity contribution is 0.892. The van der Waals surface area contributed by atoms with E-state index in [1.165, 1.54) is 28.0 Å². The second-order valence-corrected chi connectivity index (χ2v) is 6.38. The number of aryl methyl sites for hydroxylation is 1. The predicted molar refractivity (Wildman–Crippen MR) is 100 cm³/mol. The van der Waals surface area contributed by atoms with Crippen LogP contribution in [-0.2, 0) is 0 Å². The van der Waals surface area contributed by atoms with Crippen LogP contribution in [0.4, 0.5) is 17.1 Å². The number of nitrogens with zero attached hydrogens (tertiary/aromatic N) is 3. The molecule has 3 heteroatoms. The molecule has 0 aliphatic carbocycles. The monoisotopic (exact) mass is 313 g/mol. The van der Waals surface area contributed by atoms with Crippen molar-refractivity contribution in [3.8, 4) is 0 Å². The third kappa shape index (κ3) is 2.23. The molecular weight excluding hydrogens is 294 g/mol. The standard InChI is InChI=1S/C21H19N3/c1-14-5-4-6-19-20-15(2)23-13-16(20)11-12-24(21(14)19)18-9-7-17(22-3)8-10-18/h4-10H,11-13H2,1-2H3. The third-order valence-corrected chi connectivity index (χ3v) is 4.93. The lowest BCUT2D eigenvalue weighted by atomic mass is 9.95. The topological polar surface area (TPSA) is 20.0 Å². The number of para-hydroxylation sites is 1. The molecule has 0 bridgehead atoms. The van der Waals surface area contributed by atoms with Gasteiger partial charge in [-0.2, -0.15) is 0 Å². The molecule has 0 fully saturated rings. The first kappa shape index (κ1) is 14.7. The predicted octanol–water partition coefficient (Wildman–Crippen LogP) is 5.32. The van der Waals surface area contributed by atoms with Gasteiger partial charge in [0.15, 0.2) is 5.69 Å². The van der Waals surface area contributed by atoms with E-state index in [1.54, 1.807) is 0 Å². The molecule has 4 rings (SSSR count). The fraction of sp³-hybridized carbons (Fsp3) is 0.238. The smallest absolute Gasteiger partial charge is 0.187 e. The van der Waals surface area contributed by atoms with Gasteiger partial charge in [0.25, 0.3) is 0 Å². The molecule has 0 unspecified atom stereocenters. The fourth-order valence-corrected chi connectivity index (χ4v) is 3.76. The van der Waals surface area contributed by atoms with Gasteiger partial charge in [0.05, 0.1) is 18.8 Å². The molecule has 0 atom stereocenters. The third-order valence-electron chi connectivity index (χ3n) is 4.93. The Balaban J connectivity index is 1.88. The maximum Gasteiger partial charge on any atom is 0.187 e. The molecule has 0 N–H and O–H groups in total. The van der Waals surface area contributed by atoms with E-state index >= 15 is 0 Å². The van der Waals surface area contributed by atoms with Crippen molar-refractivity contribution < 1.29 is 0 Å². The Bertz CT molecular complexity index is 911. The van der Waals surface area contributed by atoms with Crippen molar-refractivity contribution in [3.63, 3.8) is 0 Å². The average Bonchev–Trinajstić information content (AvgIpc) is 2.87. The highest BCUT2D eigenvalue weighted by Crippen LogP contribution is 2.42. The van der Waals surface area contributed by atoms with Crippen LogP contribution in [0, 0.1) is 13.5 Å². The second-order valence-electron chi connectivity index (χ2n) is 6.38. The number of anilines is 2. The summed E-state index contributed by atoms with van der Waals surface area (Å²) >= 11 is 0. The Hall–Kier alpha value is -2.86. The second kappa shape index (κ2) is 5.65. The SMILES string of the molecule is [C-]#[N+]c1ccc(N2CCC3=C(C(C)=NC3)c3cccc(C)c32)cc1. The van der Waals surface area contributed by atoms with Gasteiger partial charge in [-0.05, 0) is 43.5 Å². The molecule has 2 aliphatic heterocycles. The van der Waals surface area contributed by atoms with Crippen LogP contribution >= 0.6 is 0 Å². The van der Waals surface area contributed by atoms with Crippen molar-refractivity contribution in [1.29, 1.82) is 0 Å². The number of aliphatic imine (C=N–C) groups is 1. The van der Waals surface area contributed by atoms with Crippen LogP contribution < -0.4 is 4.90 Å². The van der Waals surface area contributed by atoms with Crippen molar-refractivity contribution in [2.24, 2.45) is 4.99 Å². The van der Waals surface area contributed by atoms with Gasteiger partial charge in [-0.3, -0.25) is 4.99 Å². The highest BCUT2D eigenvalue weighted by atomic mass is 15.1. The van der Waals surface area contributed by atoms with Gasteiger partial charge < -0.3 is 4.90 Å². The first-order chi connectivity index (χ1) is 11.7. The highest BCUT2D eigenvalue weighted by Gasteiger charge is 2.27. The van der Waals surface area contributed by atoms with Gasteiger partial charge in [0.2, 0.25) is 0 Å². The number of benzene rings is 2. The molecule has 24 heavy (non-hydrogen) atoms. The minimum absolute atomic E-state index is 0.683. The van der Waals surface area contributed by atoms with Gasteiger partial charge >= 0.3 is 0 Å². The normalized spacial score (nSPS) is 16.2. The number of hydrogen-bond donors (Lipinski definition) is 0. The highest BCUT2D eigenvalue weighted by molar-refractivity contribution is 6.27. The lowest BCUT2D eigenvalue weighted by Gasteiger charge is -2.27. The number of fused-ring (bicyclic) bond motifs is 2. The minimum atomic E-state index is 0.683. The summed E-state index contributed by atoms with van der Waals surface area (Å²) in [5, 5.41) is 0. The number of rotatable bonds is 1. The molecule has 0 amide bonds. The molecule has 0 spiro atoms. The van der Waals surface area contributed by atoms with E-state index in [2.05, 4.69) is 58.9 Å². The molecule has 3 nitrogen and oxygen atoms in total. The van der Waals surface area contributed by atoms with E-state index < -0.39 is 0 Å². The summed E-state index contributed by atoms with van der Waals surface area (Å²) in [4.78, 5) is 10.6. The van der Waals surface area contributed by atoms with E-state index in [-0.39, 0.29) is 0 Å². The maximum atomic E-state index is 7.14. The van der Waals surface area contributed by atoms with Crippen LogP contribution in [-0.4, -0.2) is 18.8 Å². The first-order valence-electron chi connectivity index (χ1n) is 8.27. The molecule has 0 saturated heterocycles. The zero-order chi connectivity index (χ0) is 16.7. The summed E-state index contributed by atoms with van der Waals surface area (Å²) in [5.74, 6) is 0. The van der Waals surface area contributed by atoms with Crippen molar-refractivity contribution in [2.45, 2.75) is 20.3 Å². The molecule has 2 heterocycles. The summed E-state index contributed by atoms with van der Waals surface area (Å²) in [6, 6.07) is 14.4. The van der Waals surface area contributed by atoms with Crippen LogP contribution in [0.1, 0.15) is 24.5 Å².